The number of nitriles is 1. The van der Waals surface area contributed by atoms with Crippen molar-refractivity contribution in [3.8, 4) is 11.8 Å². The Morgan fingerprint density at radius 3 is 2.86 bits per heavy atom. The summed E-state index contributed by atoms with van der Waals surface area (Å²) in [4.78, 5) is 19.4. The predicted octanol–water partition coefficient (Wildman–Crippen LogP) is 1.20. The molecule has 1 rings (SSSR count). The first-order valence-corrected chi connectivity index (χ1v) is 6.61. The second-order valence-electron chi connectivity index (χ2n) is 4.22. The van der Waals surface area contributed by atoms with Gasteiger partial charge in [-0.3, -0.25) is 4.99 Å². The van der Waals surface area contributed by atoms with E-state index < -0.39 is 5.97 Å². The first-order chi connectivity index (χ1) is 10.6. The molecule has 0 saturated heterocycles. The van der Waals surface area contributed by atoms with Crippen LogP contribution in [0, 0.1) is 18.3 Å². The molecular weight excluding hydrogens is 284 g/mol. The normalized spacial score (nSPS) is 11.3. The molecule has 7 heteroatoms. The molecule has 1 aromatic rings. The molecule has 0 unspecified atom stereocenters. The molecule has 0 amide bonds. The van der Waals surface area contributed by atoms with Gasteiger partial charge >= 0.3 is 5.97 Å². The van der Waals surface area contributed by atoms with E-state index in [9.17, 15) is 10.1 Å². The zero-order chi connectivity index (χ0) is 16.5. The Morgan fingerprint density at radius 2 is 2.32 bits per heavy atom. The van der Waals surface area contributed by atoms with Crippen molar-refractivity contribution >= 4 is 17.8 Å². The van der Waals surface area contributed by atoms with Crippen molar-refractivity contribution in [2.24, 2.45) is 10.7 Å². The van der Waals surface area contributed by atoms with Gasteiger partial charge in [-0.2, -0.15) is 5.26 Å². The Labute approximate surface area is 129 Å². The minimum Gasteiger partial charge on any atom is -0.479 e. The van der Waals surface area contributed by atoms with Crippen LogP contribution in [0.15, 0.2) is 17.3 Å². The highest BCUT2D eigenvalue weighted by Crippen LogP contribution is 2.23. The number of aromatic nitrogens is 1. The van der Waals surface area contributed by atoms with Gasteiger partial charge in [-0.15, -0.1) is 0 Å². The molecule has 0 bridgehead atoms. The van der Waals surface area contributed by atoms with E-state index in [1.807, 2.05) is 6.07 Å². The third kappa shape index (κ3) is 4.31. The van der Waals surface area contributed by atoms with Crippen LogP contribution in [0.1, 0.15) is 23.9 Å². The fourth-order valence-corrected chi connectivity index (χ4v) is 1.73. The summed E-state index contributed by atoms with van der Waals surface area (Å²) < 4.78 is 10.1. The van der Waals surface area contributed by atoms with Gasteiger partial charge in [0.05, 0.1) is 12.3 Å². The average Bonchev–Trinajstić information content (AvgIpc) is 2.51. The average molecular weight is 302 g/mol. The van der Waals surface area contributed by atoms with Gasteiger partial charge in [0.1, 0.15) is 6.07 Å². The molecule has 0 spiro atoms. The van der Waals surface area contributed by atoms with Crippen LogP contribution < -0.4 is 10.5 Å². The number of hydrogen-bond acceptors (Lipinski definition) is 7. The molecule has 0 aliphatic heterocycles. The standard InChI is InChI=1S/C15H18N4O3/c1-4-21-14(20)9-22-13-5-10(2)15(19-12(13)7-17)11(6-16)8-18-3/h5-6,8H,4,9,16H2,1-3H3/b11-6+,18-8?. The SMILES string of the molecule is CCOC(=O)COc1cc(C)c(/C(C=NC)=C/N)nc1C#N. The Kier molecular flexibility index (Phi) is 6.57. The maximum atomic E-state index is 11.3. The number of hydrogen-bond donors (Lipinski definition) is 1. The first kappa shape index (κ1) is 17.2. The Hall–Kier alpha value is -2.88. The molecule has 0 fully saturated rings. The van der Waals surface area contributed by atoms with E-state index >= 15 is 0 Å². The molecule has 7 nitrogen and oxygen atoms in total. The van der Waals surface area contributed by atoms with Crippen molar-refractivity contribution in [1.29, 1.82) is 5.26 Å². The van der Waals surface area contributed by atoms with Gasteiger partial charge in [-0.05, 0) is 25.5 Å². The number of nitrogens with zero attached hydrogens (tertiary/aromatic N) is 3. The largest absolute Gasteiger partial charge is 0.479 e. The number of aliphatic imine (C=N–C) groups is 1. The van der Waals surface area contributed by atoms with Crippen molar-refractivity contribution in [1.82, 2.24) is 4.98 Å². The fourth-order valence-electron chi connectivity index (χ4n) is 1.73. The molecule has 1 heterocycles. The van der Waals surface area contributed by atoms with E-state index in [4.69, 9.17) is 15.2 Å². The predicted molar refractivity (Wildman–Crippen MR) is 82.4 cm³/mol. The minimum atomic E-state index is -0.506. The maximum Gasteiger partial charge on any atom is 0.344 e. The van der Waals surface area contributed by atoms with Gasteiger partial charge < -0.3 is 15.2 Å². The third-order valence-electron chi connectivity index (χ3n) is 2.66. The van der Waals surface area contributed by atoms with E-state index in [2.05, 4.69) is 9.98 Å². The zero-order valence-corrected chi connectivity index (χ0v) is 12.8. The molecule has 0 aliphatic rings. The van der Waals surface area contributed by atoms with Gasteiger partial charge in [0, 0.05) is 25.0 Å². The van der Waals surface area contributed by atoms with Crippen molar-refractivity contribution < 1.29 is 14.3 Å². The molecule has 1 aromatic heterocycles. The Bertz CT molecular complexity index is 645. The van der Waals surface area contributed by atoms with Crippen LogP contribution in [-0.2, 0) is 9.53 Å². The maximum absolute atomic E-state index is 11.3. The Morgan fingerprint density at radius 1 is 1.59 bits per heavy atom. The number of carbonyl (C=O) groups excluding carboxylic acids is 1. The number of rotatable bonds is 6. The summed E-state index contributed by atoms with van der Waals surface area (Å²) in [5.41, 5.74) is 7.49. The van der Waals surface area contributed by atoms with E-state index in [1.165, 1.54) is 6.20 Å². The second-order valence-corrected chi connectivity index (χ2v) is 4.22. The number of carbonyl (C=O) groups is 1. The molecule has 22 heavy (non-hydrogen) atoms. The lowest BCUT2D eigenvalue weighted by molar-refractivity contribution is -0.145. The number of allylic oxidation sites excluding steroid dienone is 1. The van der Waals surface area contributed by atoms with Gasteiger partial charge in [-0.1, -0.05) is 0 Å². The number of ether oxygens (including phenoxy) is 2. The van der Waals surface area contributed by atoms with Crippen LogP contribution in [0.4, 0.5) is 0 Å². The van der Waals surface area contributed by atoms with E-state index in [-0.39, 0.29) is 24.7 Å². The van der Waals surface area contributed by atoms with E-state index in [1.54, 1.807) is 33.2 Å². The lowest BCUT2D eigenvalue weighted by atomic mass is 10.1. The van der Waals surface area contributed by atoms with Gasteiger partial charge in [-0.25, -0.2) is 9.78 Å². The number of pyridine rings is 1. The summed E-state index contributed by atoms with van der Waals surface area (Å²) in [6.07, 6.45) is 2.91. The summed E-state index contributed by atoms with van der Waals surface area (Å²) in [6, 6.07) is 3.57. The van der Waals surface area contributed by atoms with Crippen LogP contribution in [-0.4, -0.2) is 37.4 Å². The smallest absolute Gasteiger partial charge is 0.344 e. The van der Waals surface area contributed by atoms with Crippen molar-refractivity contribution in [2.45, 2.75) is 13.8 Å². The van der Waals surface area contributed by atoms with Crippen molar-refractivity contribution in [3.05, 3.63) is 29.2 Å². The molecule has 0 saturated carbocycles. The lowest BCUT2D eigenvalue weighted by Crippen LogP contribution is -2.15. The summed E-state index contributed by atoms with van der Waals surface area (Å²) in [5.74, 6) is -0.282. The number of esters is 1. The highest BCUT2D eigenvalue weighted by molar-refractivity contribution is 6.09. The minimum absolute atomic E-state index is 0.0637. The van der Waals surface area contributed by atoms with Crippen LogP contribution in [0.2, 0.25) is 0 Å². The second kappa shape index (κ2) is 8.42. The van der Waals surface area contributed by atoms with Crippen LogP contribution in [0.5, 0.6) is 5.75 Å². The molecule has 0 radical (unpaired) electrons. The molecule has 2 N–H and O–H groups in total. The first-order valence-electron chi connectivity index (χ1n) is 6.61. The van der Waals surface area contributed by atoms with Crippen molar-refractivity contribution in [2.75, 3.05) is 20.3 Å². The quantitative estimate of drug-likeness (QED) is 0.624. The highest BCUT2D eigenvalue weighted by atomic mass is 16.6. The molecule has 0 aliphatic carbocycles. The highest BCUT2D eigenvalue weighted by Gasteiger charge is 2.14. The van der Waals surface area contributed by atoms with Gasteiger partial charge in [0.15, 0.2) is 18.1 Å². The van der Waals surface area contributed by atoms with E-state index in [0.717, 1.165) is 5.56 Å². The summed E-state index contributed by atoms with van der Waals surface area (Å²) in [7, 11) is 1.61. The topological polar surface area (TPSA) is 111 Å². The molecule has 0 aromatic carbocycles. The van der Waals surface area contributed by atoms with Gasteiger partial charge in [0.2, 0.25) is 0 Å². The van der Waals surface area contributed by atoms with Crippen LogP contribution in [0.3, 0.4) is 0 Å². The van der Waals surface area contributed by atoms with E-state index in [0.29, 0.717) is 11.3 Å². The van der Waals surface area contributed by atoms with Crippen LogP contribution in [0.25, 0.3) is 5.57 Å². The van der Waals surface area contributed by atoms with Crippen molar-refractivity contribution in [3.63, 3.8) is 0 Å². The number of nitrogens with two attached hydrogens (primary N) is 1. The van der Waals surface area contributed by atoms with Gasteiger partial charge in [0.25, 0.3) is 0 Å². The van der Waals surface area contributed by atoms with Crippen LogP contribution >= 0.6 is 0 Å². The molecular formula is C15H18N4O3. The molecule has 0 atom stereocenters. The number of aryl methyl sites for hydroxylation is 1. The molecule has 116 valence electrons. The third-order valence-corrected chi connectivity index (χ3v) is 2.66. The lowest BCUT2D eigenvalue weighted by Gasteiger charge is -2.11. The Balaban J connectivity index is 3.11. The summed E-state index contributed by atoms with van der Waals surface area (Å²) in [6.45, 7) is 3.49. The monoisotopic (exact) mass is 302 g/mol. The zero-order valence-electron chi connectivity index (χ0n) is 12.8. The fraction of sp³-hybridized carbons (Fsp3) is 0.333. The summed E-state index contributed by atoms with van der Waals surface area (Å²) >= 11 is 0. The summed E-state index contributed by atoms with van der Waals surface area (Å²) in [5, 5.41) is 9.19.